The molecule has 0 spiro atoms. The van der Waals surface area contributed by atoms with Crippen LogP contribution in [0.2, 0.25) is 0 Å². The zero-order chi connectivity index (χ0) is 12.0. The predicted octanol–water partition coefficient (Wildman–Crippen LogP) is 4.00. The lowest BCUT2D eigenvalue weighted by Gasteiger charge is -2.08. The summed E-state index contributed by atoms with van der Waals surface area (Å²) in [5.41, 5.74) is 3.40. The van der Waals surface area contributed by atoms with E-state index in [9.17, 15) is 0 Å². The van der Waals surface area contributed by atoms with Crippen LogP contribution in [0, 0.1) is 6.92 Å². The maximum Gasteiger partial charge on any atom is 0.135 e. The molecule has 0 unspecified atom stereocenters. The lowest BCUT2D eigenvalue weighted by atomic mass is 10.1. The van der Waals surface area contributed by atoms with E-state index in [4.69, 9.17) is 4.74 Å². The quantitative estimate of drug-likeness (QED) is 0.569. The molecule has 2 nitrogen and oxygen atoms in total. The van der Waals surface area contributed by atoms with E-state index in [-0.39, 0.29) is 6.10 Å². The molecule has 0 amide bonds. The lowest BCUT2D eigenvalue weighted by molar-refractivity contribution is 0.263. The van der Waals surface area contributed by atoms with Gasteiger partial charge in [0.2, 0.25) is 0 Å². The standard InChI is InChI=1S/C13H11Br2NO/c1-7-2-3-11-9(4-7)12-10(13(15)16-11)5-8(6-14)17-12/h2-4,8H,5-6H2,1H3/t8-/m1/s1. The maximum absolute atomic E-state index is 5.99. The van der Waals surface area contributed by atoms with Crippen molar-refractivity contribution in [3.8, 4) is 5.75 Å². The Morgan fingerprint density at radius 1 is 1.47 bits per heavy atom. The zero-order valence-electron chi connectivity index (χ0n) is 9.34. The van der Waals surface area contributed by atoms with Crippen LogP contribution < -0.4 is 4.74 Å². The van der Waals surface area contributed by atoms with E-state index in [0.29, 0.717) is 0 Å². The topological polar surface area (TPSA) is 22.1 Å². The molecule has 0 bridgehead atoms. The molecule has 0 N–H and O–H groups in total. The second-order valence-electron chi connectivity index (χ2n) is 4.33. The molecule has 4 heteroatoms. The van der Waals surface area contributed by atoms with Gasteiger partial charge in [0.1, 0.15) is 16.5 Å². The SMILES string of the molecule is Cc1ccc2nc(Br)c3c(c2c1)O[C@@H](CBr)C3. The Kier molecular flexibility index (Phi) is 2.87. The van der Waals surface area contributed by atoms with Gasteiger partial charge in [-0.3, -0.25) is 0 Å². The van der Waals surface area contributed by atoms with Crippen molar-refractivity contribution >= 4 is 42.8 Å². The zero-order valence-corrected chi connectivity index (χ0v) is 12.5. The number of nitrogens with zero attached hydrogens (tertiary/aromatic N) is 1. The van der Waals surface area contributed by atoms with Crippen LogP contribution in [-0.4, -0.2) is 16.4 Å². The van der Waals surface area contributed by atoms with Crippen LogP contribution in [0.25, 0.3) is 10.9 Å². The Morgan fingerprint density at radius 3 is 3.06 bits per heavy atom. The number of aromatic nitrogens is 1. The summed E-state index contributed by atoms with van der Waals surface area (Å²) in [5.74, 6) is 0.995. The number of pyridine rings is 1. The Morgan fingerprint density at radius 2 is 2.29 bits per heavy atom. The van der Waals surface area contributed by atoms with E-state index >= 15 is 0 Å². The Bertz CT molecular complexity index is 597. The number of aryl methyl sites for hydroxylation is 1. The highest BCUT2D eigenvalue weighted by molar-refractivity contribution is 9.10. The van der Waals surface area contributed by atoms with Crippen molar-refractivity contribution in [2.24, 2.45) is 0 Å². The molecule has 1 aromatic heterocycles. The van der Waals surface area contributed by atoms with Gasteiger partial charge in [0.25, 0.3) is 0 Å². The average molecular weight is 357 g/mol. The van der Waals surface area contributed by atoms with Crippen molar-refractivity contribution in [1.29, 1.82) is 0 Å². The van der Waals surface area contributed by atoms with Crippen LogP contribution in [0.1, 0.15) is 11.1 Å². The van der Waals surface area contributed by atoms with Crippen molar-refractivity contribution in [1.82, 2.24) is 4.98 Å². The summed E-state index contributed by atoms with van der Waals surface area (Å²) >= 11 is 7.01. The first kappa shape index (κ1) is 11.5. The van der Waals surface area contributed by atoms with E-state index in [2.05, 4.69) is 55.9 Å². The highest BCUT2D eigenvalue weighted by Gasteiger charge is 2.27. The second kappa shape index (κ2) is 4.25. The molecular formula is C13H11Br2NO. The average Bonchev–Trinajstić information content (AvgIpc) is 2.75. The fourth-order valence-corrected chi connectivity index (χ4v) is 3.09. The number of halogens is 2. The third-order valence-corrected chi connectivity index (χ3v) is 4.40. The van der Waals surface area contributed by atoms with E-state index < -0.39 is 0 Å². The summed E-state index contributed by atoms with van der Waals surface area (Å²) in [4.78, 5) is 4.58. The third-order valence-electron chi connectivity index (χ3n) is 3.03. The number of hydrogen-bond donors (Lipinski definition) is 0. The monoisotopic (exact) mass is 355 g/mol. The summed E-state index contributed by atoms with van der Waals surface area (Å²) in [6, 6.07) is 6.26. The number of rotatable bonds is 1. The molecular weight excluding hydrogens is 346 g/mol. The number of alkyl halides is 1. The molecule has 0 radical (unpaired) electrons. The first-order valence-corrected chi connectivity index (χ1v) is 7.42. The van der Waals surface area contributed by atoms with Gasteiger partial charge in [-0.15, -0.1) is 0 Å². The summed E-state index contributed by atoms with van der Waals surface area (Å²) in [5, 5.41) is 1.97. The summed E-state index contributed by atoms with van der Waals surface area (Å²) in [6.45, 7) is 2.09. The molecule has 0 saturated heterocycles. The normalized spacial score (nSPS) is 18.2. The fraction of sp³-hybridized carbons (Fsp3) is 0.308. The highest BCUT2D eigenvalue weighted by atomic mass is 79.9. The third kappa shape index (κ3) is 1.87. The minimum atomic E-state index is 0.217. The van der Waals surface area contributed by atoms with Gasteiger partial charge >= 0.3 is 0 Å². The first-order chi connectivity index (χ1) is 8.19. The minimum absolute atomic E-state index is 0.217. The van der Waals surface area contributed by atoms with E-state index in [1.807, 2.05) is 6.07 Å². The molecule has 0 fully saturated rings. The van der Waals surface area contributed by atoms with Gasteiger partial charge in [0, 0.05) is 22.7 Å². The van der Waals surface area contributed by atoms with E-state index in [1.165, 1.54) is 11.1 Å². The van der Waals surface area contributed by atoms with Gasteiger partial charge in [-0.2, -0.15) is 0 Å². The molecule has 0 aliphatic carbocycles. The smallest absolute Gasteiger partial charge is 0.135 e. The Labute approximate surface area is 117 Å². The Balaban J connectivity index is 2.28. The summed E-state index contributed by atoms with van der Waals surface area (Å²) in [7, 11) is 0. The van der Waals surface area contributed by atoms with Crippen molar-refractivity contribution in [3.63, 3.8) is 0 Å². The summed E-state index contributed by atoms with van der Waals surface area (Å²) in [6.07, 6.45) is 1.13. The number of ether oxygens (including phenoxy) is 1. The summed E-state index contributed by atoms with van der Waals surface area (Å²) < 4.78 is 6.90. The van der Waals surface area contributed by atoms with Crippen molar-refractivity contribution in [3.05, 3.63) is 33.9 Å². The first-order valence-electron chi connectivity index (χ1n) is 5.50. The highest BCUT2D eigenvalue weighted by Crippen LogP contribution is 2.40. The van der Waals surface area contributed by atoms with Gasteiger partial charge in [-0.25, -0.2) is 4.98 Å². The van der Waals surface area contributed by atoms with Gasteiger partial charge in [-0.05, 0) is 35.0 Å². The van der Waals surface area contributed by atoms with Crippen LogP contribution >= 0.6 is 31.9 Å². The molecule has 1 aliphatic rings. The van der Waals surface area contributed by atoms with Crippen molar-refractivity contribution in [2.45, 2.75) is 19.4 Å². The van der Waals surface area contributed by atoms with Gasteiger partial charge < -0.3 is 4.74 Å². The van der Waals surface area contributed by atoms with Gasteiger partial charge in [-0.1, -0.05) is 27.6 Å². The second-order valence-corrected chi connectivity index (χ2v) is 5.73. The van der Waals surface area contributed by atoms with Crippen LogP contribution in [0.5, 0.6) is 5.75 Å². The fourth-order valence-electron chi connectivity index (χ4n) is 2.19. The molecule has 0 saturated carbocycles. The molecule has 1 aromatic carbocycles. The molecule has 1 atom stereocenters. The predicted molar refractivity (Wildman–Crippen MR) is 76.1 cm³/mol. The van der Waals surface area contributed by atoms with E-state index in [0.717, 1.165) is 33.0 Å². The van der Waals surface area contributed by atoms with Gasteiger partial charge in [0.15, 0.2) is 0 Å². The van der Waals surface area contributed by atoms with E-state index in [1.54, 1.807) is 0 Å². The largest absolute Gasteiger partial charge is 0.488 e. The van der Waals surface area contributed by atoms with Crippen molar-refractivity contribution in [2.75, 3.05) is 5.33 Å². The van der Waals surface area contributed by atoms with Gasteiger partial charge in [0.05, 0.1) is 5.52 Å². The minimum Gasteiger partial charge on any atom is -0.488 e. The molecule has 2 heterocycles. The molecule has 3 rings (SSSR count). The maximum atomic E-state index is 5.99. The van der Waals surface area contributed by atoms with Crippen LogP contribution in [0.3, 0.4) is 0 Å². The van der Waals surface area contributed by atoms with Crippen molar-refractivity contribution < 1.29 is 4.74 Å². The molecule has 17 heavy (non-hydrogen) atoms. The van der Waals surface area contributed by atoms with Crippen LogP contribution in [0.15, 0.2) is 22.8 Å². The Hall–Kier alpha value is -0.610. The molecule has 1 aliphatic heterocycles. The number of benzene rings is 1. The number of hydrogen-bond acceptors (Lipinski definition) is 2. The van der Waals surface area contributed by atoms with Crippen LogP contribution in [-0.2, 0) is 6.42 Å². The molecule has 88 valence electrons. The van der Waals surface area contributed by atoms with Crippen LogP contribution in [0.4, 0.5) is 0 Å². The lowest BCUT2D eigenvalue weighted by Crippen LogP contribution is -2.13. The number of fused-ring (bicyclic) bond motifs is 3. The molecule has 2 aromatic rings.